The number of amides is 5. The van der Waals surface area contributed by atoms with Gasteiger partial charge in [-0.1, -0.05) is 47.9 Å². The molecule has 11 heteroatoms. The number of nitrogens with one attached hydrogen (secondary N) is 2. The molecular formula is C27H36IN3O7. The predicted octanol–water partition coefficient (Wildman–Crippen LogP) is 3.62. The second-order valence-corrected chi connectivity index (χ2v) is 10.4. The van der Waals surface area contributed by atoms with Crippen LogP contribution in [0, 0.1) is 0 Å². The molecule has 1 fully saturated rings. The van der Waals surface area contributed by atoms with Gasteiger partial charge in [-0.15, -0.1) is 0 Å². The SMILES string of the molecule is O=C1CCC(N2C(=O)c3cccc(NC(=O)CCCCCOCCOCCCCCCI)c3C2=O)C(=O)N1. The van der Waals surface area contributed by atoms with Crippen LogP contribution < -0.4 is 10.6 Å². The number of imide groups is 2. The Morgan fingerprint density at radius 2 is 1.61 bits per heavy atom. The summed E-state index contributed by atoms with van der Waals surface area (Å²) in [5.41, 5.74) is 0.454. The number of hydrogen-bond donors (Lipinski definition) is 2. The Balaban J connectivity index is 1.34. The van der Waals surface area contributed by atoms with Crippen LogP contribution in [-0.4, -0.2) is 71.3 Å². The topological polar surface area (TPSA) is 131 Å². The first kappa shape index (κ1) is 30.2. The van der Waals surface area contributed by atoms with Crippen molar-refractivity contribution in [2.45, 2.75) is 70.3 Å². The molecule has 5 amide bonds. The standard InChI is InChI=1S/C27H36IN3O7/c28-14-5-1-2-6-15-37-17-18-38-16-7-3-4-11-22(32)29-20-10-8-9-19-24(20)27(36)31(26(19)35)21-12-13-23(33)30-25(21)34/h8-10,21H,1-7,11-18H2,(H,29,32)(H,30,33,34). The lowest BCUT2D eigenvalue weighted by Crippen LogP contribution is -2.54. The van der Waals surface area contributed by atoms with E-state index >= 15 is 0 Å². The number of ether oxygens (including phenoxy) is 2. The molecule has 1 aromatic rings. The molecule has 1 aromatic carbocycles. The van der Waals surface area contributed by atoms with Crippen LogP contribution in [0.25, 0.3) is 0 Å². The van der Waals surface area contributed by atoms with Crippen molar-refractivity contribution in [3.05, 3.63) is 29.3 Å². The van der Waals surface area contributed by atoms with Crippen molar-refractivity contribution in [3.63, 3.8) is 0 Å². The van der Waals surface area contributed by atoms with Gasteiger partial charge in [0.25, 0.3) is 11.8 Å². The Kier molecular flexibility index (Phi) is 12.6. The second kappa shape index (κ2) is 15.9. The van der Waals surface area contributed by atoms with Gasteiger partial charge in [0.1, 0.15) is 6.04 Å². The van der Waals surface area contributed by atoms with Crippen molar-refractivity contribution in [2.75, 3.05) is 36.2 Å². The molecule has 2 aliphatic rings. The number of fused-ring (bicyclic) bond motifs is 1. The van der Waals surface area contributed by atoms with Crippen molar-refractivity contribution < 1.29 is 33.4 Å². The quantitative estimate of drug-likeness (QED) is 0.115. The minimum atomic E-state index is -1.05. The molecule has 1 saturated heterocycles. The number of anilines is 1. The highest BCUT2D eigenvalue weighted by Gasteiger charge is 2.45. The van der Waals surface area contributed by atoms with Gasteiger partial charge in [0, 0.05) is 26.1 Å². The zero-order valence-electron chi connectivity index (χ0n) is 21.6. The van der Waals surface area contributed by atoms with Crippen molar-refractivity contribution >= 4 is 57.8 Å². The molecule has 0 aliphatic carbocycles. The summed E-state index contributed by atoms with van der Waals surface area (Å²) < 4.78 is 12.4. The normalized spacial score (nSPS) is 17.1. The summed E-state index contributed by atoms with van der Waals surface area (Å²) in [5, 5.41) is 4.91. The molecule has 0 bridgehead atoms. The zero-order chi connectivity index (χ0) is 27.3. The van der Waals surface area contributed by atoms with Gasteiger partial charge in [-0.3, -0.25) is 34.2 Å². The molecule has 38 heavy (non-hydrogen) atoms. The molecular weight excluding hydrogens is 605 g/mol. The molecule has 2 heterocycles. The van der Waals surface area contributed by atoms with Crippen LogP contribution in [0.2, 0.25) is 0 Å². The molecule has 2 N–H and O–H groups in total. The van der Waals surface area contributed by atoms with Crippen LogP contribution in [-0.2, 0) is 23.9 Å². The van der Waals surface area contributed by atoms with Crippen LogP contribution in [0.1, 0.15) is 84.9 Å². The Morgan fingerprint density at radius 1 is 0.921 bits per heavy atom. The first-order valence-corrected chi connectivity index (χ1v) is 14.8. The Bertz CT molecular complexity index is 1020. The fourth-order valence-corrected chi connectivity index (χ4v) is 5.01. The van der Waals surface area contributed by atoms with E-state index in [2.05, 4.69) is 33.2 Å². The fraction of sp³-hybridized carbons (Fsp3) is 0.593. The summed E-state index contributed by atoms with van der Waals surface area (Å²) in [6.07, 6.45) is 7.53. The van der Waals surface area contributed by atoms with E-state index in [1.54, 1.807) is 12.1 Å². The molecule has 3 rings (SSSR count). The Labute approximate surface area is 236 Å². The average Bonchev–Trinajstić information content (AvgIpc) is 3.15. The van der Waals surface area contributed by atoms with E-state index in [1.165, 1.54) is 29.8 Å². The number of piperidine rings is 1. The number of benzene rings is 1. The summed E-state index contributed by atoms with van der Waals surface area (Å²) in [4.78, 5) is 63.1. The summed E-state index contributed by atoms with van der Waals surface area (Å²) in [6.45, 7) is 2.55. The largest absolute Gasteiger partial charge is 0.379 e. The average molecular weight is 642 g/mol. The highest BCUT2D eigenvalue weighted by Crippen LogP contribution is 2.32. The smallest absolute Gasteiger partial charge is 0.264 e. The minimum absolute atomic E-state index is 0.0468. The third kappa shape index (κ3) is 8.57. The monoisotopic (exact) mass is 641 g/mol. The zero-order valence-corrected chi connectivity index (χ0v) is 23.8. The van der Waals surface area contributed by atoms with Crippen molar-refractivity contribution in [1.82, 2.24) is 10.2 Å². The number of hydrogen-bond acceptors (Lipinski definition) is 7. The van der Waals surface area contributed by atoms with E-state index in [9.17, 15) is 24.0 Å². The molecule has 0 spiro atoms. The summed E-state index contributed by atoms with van der Waals surface area (Å²) >= 11 is 2.40. The number of carbonyl (C=O) groups is 5. The number of halogens is 1. The second-order valence-electron chi connectivity index (χ2n) is 9.36. The first-order chi connectivity index (χ1) is 18.4. The molecule has 0 saturated carbocycles. The third-order valence-electron chi connectivity index (χ3n) is 6.48. The van der Waals surface area contributed by atoms with Gasteiger partial charge in [0.15, 0.2) is 0 Å². The van der Waals surface area contributed by atoms with E-state index in [4.69, 9.17) is 9.47 Å². The molecule has 1 atom stereocenters. The maximum absolute atomic E-state index is 13.1. The van der Waals surface area contributed by atoms with E-state index < -0.39 is 29.7 Å². The van der Waals surface area contributed by atoms with Gasteiger partial charge >= 0.3 is 0 Å². The maximum Gasteiger partial charge on any atom is 0.264 e. The maximum atomic E-state index is 13.1. The highest BCUT2D eigenvalue weighted by atomic mass is 127. The highest BCUT2D eigenvalue weighted by molar-refractivity contribution is 14.1. The molecule has 0 radical (unpaired) electrons. The molecule has 0 aromatic heterocycles. The van der Waals surface area contributed by atoms with Crippen molar-refractivity contribution in [1.29, 1.82) is 0 Å². The van der Waals surface area contributed by atoms with Crippen LogP contribution in [0.4, 0.5) is 5.69 Å². The van der Waals surface area contributed by atoms with Crippen LogP contribution in [0.5, 0.6) is 0 Å². The summed E-state index contributed by atoms with van der Waals surface area (Å²) in [6, 6.07) is 3.60. The lowest BCUT2D eigenvalue weighted by atomic mass is 10.0. The molecule has 208 valence electrons. The summed E-state index contributed by atoms with van der Waals surface area (Å²) in [5.74, 6) is -2.61. The van der Waals surface area contributed by atoms with Crippen LogP contribution >= 0.6 is 22.6 Å². The number of rotatable bonds is 17. The Morgan fingerprint density at radius 3 is 2.29 bits per heavy atom. The van der Waals surface area contributed by atoms with Crippen molar-refractivity contribution in [3.8, 4) is 0 Å². The van der Waals surface area contributed by atoms with E-state index in [0.717, 1.165) is 30.8 Å². The van der Waals surface area contributed by atoms with Gasteiger partial charge in [0.2, 0.25) is 17.7 Å². The Hall–Kier alpha value is -2.38. The number of unbranched alkanes of at least 4 members (excludes halogenated alkanes) is 5. The van der Waals surface area contributed by atoms with Gasteiger partial charge < -0.3 is 14.8 Å². The number of alkyl halides is 1. The molecule has 10 nitrogen and oxygen atoms in total. The lowest BCUT2D eigenvalue weighted by molar-refractivity contribution is -0.136. The van der Waals surface area contributed by atoms with Gasteiger partial charge in [-0.25, -0.2) is 0 Å². The van der Waals surface area contributed by atoms with E-state index in [1.807, 2.05) is 0 Å². The molecule has 2 aliphatic heterocycles. The number of nitrogens with zero attached hydrogens (tertiary/aromatic N) is 1. The number of carbonyl (C=O) groups excluding carboxylic acids is 5. The van der Waals surface area contributed by atoms with Gasteiger partial charge in [-0.05, 0) is 48.7 Å². The van der Waals surface area contributed by atoms with Crippen LogP contribution in [0.3, 0.4) is 0 Å². The fourth-order valence-electron chi connectivity index (χ4n) is 4.47. The predicted molar refractivity (Wildman–Crippen MR) is 149 cm³/mol. The first-order valence-electron chi connectivity index (χ1n) is 13.3. The van der Waals surface area contributed by atoms with Gasteiger partial charge in [0.05, 0.1) is 30.0 Å². The van der Waals surface area contributed by atoms with Crippen molar-refractivity contribution in [2.24, 2.45) is 0 Å². The van der Waals surface area contributed by atoms with Gasteiger partial charge in [-0.2, -0.15) is 0 Å². The van der Waals surface area contributed by atoms with E-state index in [0.29, 0.717) is 26.2 Å². The molecule has 1 unspecified atom stereocenters. The van der Waals surface area contributed by atoms with Crippen LogP contribution in [0.15, 0.2) is 18.2 Å². The minimum Gasteiger partial charge on any atom is -0.379 e. The third-order valence-corrected chi connectivity index (χ3v) is 7.24. The lowest BCUT2D eigenvalue weighted by Gasteiger charge is -2.27. The summed E-state index contributed by atoms with van der Waals surface area (Å²) in [7, 11) is 0. The van der Waals surface area contributed by atoms with E-state index in [-0.39, 0.29) is 42.0 Å².